The normalized spacial score (nSPS) is 21.6. The van der Waals surface area contributed by atoms with Crippen LogP contribution in [0.4, 0.5) is 0 Å². The van der Waals surface area contributed by atoms with Crippen LogP contribution in [0.25, 0.3) is 0 Å². The summed E-state index contributed by atoms with van der Waals surface area (Å²) in [5, 5.41) is 0. The number of hydrogen-bond acceptors (Lipinski definition) is 3. The third-order valence-corrected chi connectivity index (χ3v) is 4.21. The maximum atomic E-state index is 12.3. The Balaban J connectivity index is 2.43. The third-order valence-electron chi connectivity index (χ3n) is 4.21. The summed E-state index contributed by atoms with van der Waals surface area (Å²) >= 11 is 0. The van der Waals surface area contributed by atoms with Crippen molar-refractivity contribution in [1.82, 2.24) is 9.80 Å². The minimum Gasteiger partial charge on any atom is -0.343 e. The molecule has 0 saturated carbocycles. The first-order chi connectivity index (χ1) is 10.0. The summed E-state index contributed by atoms with van der Waals surface area (Å²) in [6, 6.07) is 0.253. The highest BCUT2D eigenvalue weighted by Gasteiger charge is 2.31. The van der Waals surface area contributed by atoms with E-state index in [1.807, 2.05) is 9.80 Å². The summed E-state index contributed by atoms with van der Waals surface area (Å²) in [6.07, 6.45) is 3.55. The first-order valence-electron chi connectivity index (χ1n) is 8.30. The van der Waals surface area contributed by atoms with Gasteiger partial charge in [-0.1, -0.05) is 13.8 Å². The zero-order valence-electron chi connectivity index (χ0n) is 13.8. The predicted octanol–water partition coefficient (Wildman–Crippen LogP) is 1.61. The fourth-order valence-electron chi connectivity index (χ4n) is 3.08. The van der Waals surface area contributed by atoms with Crippen molar-refractivity contribution in [2.45, 2.75) is 58.9 Å². The lowest BCUT2D eigenvalue weighted by atomic mass is 10.1. The summed E-state index contributed by atoms with van der Waals surface area (Å²) in [4.78, 5) is 28.2. The van der Waals surface area contributed by atoms with Crippen LogP contribution < -0.4 is 5.73 Å². The highest BCUT2D eigenvalue weighted by atomic mass is 16.2. The Labute approximate surface area is 128 Å². The van der Waals surface area contributed by atoms with Crippen LogP contribution in [-0.4, -0.2) is 53.8 Å². The van der Waals surface area contributed by atoms with Gasteiger partial charge < -0.3 is 15.5 Å². The average Bonchev–Trinajstić information content (AvgIpc) is 2.85. The summed E-state index contributed by atoms with van der Waals surface area (Å²) in [5.41, 5.74) is 5.69. The number of carbonyl (C=O) groups is 2. The van der Waals surface area contributed by atoms with Gasteiger partial charge in [-0.15, -0.1) is 0 Å². The molecule has 0 bridgehead atoms. The average molecular weight is 297 g/mol. The highest BCUT2D eigenvalue weighted by molar-refractivity contribution is 5.84. The van der Waals surface area contributed by atoms with Gasteiger partial charge in [0.15, 0.2) is 0 Å². The number of rotatable bonds is 8. The van der Waals surface area contributed by atoms with Crippen molar-refractivity contribution in [2.24, 2.45) is 11.7 Å². The molecule has 0 spiro atoms. The molecule has 2 unspecified atom stereocenters. The first-order valence-corrected chi connectivity index (χ1v) is 8.30. The molecule has 5 nitrogen and oxygen atoms in total. The van der Waals surface area contributed by atoms with Gasteiger partial charge in [0.05, 0.1) is 0 Å². The molecule has 1 fully saturated rings. The standard InChI is InChI=1S/C16H31N3O2/c1-4-8-18(9-5-2)15(20)6-7-16(21)19-12-14(11-17)10-13(19)3/h13-14H,4-12,17H2,1-3H3. The van der Waals surface area contributed by atoms with E-state index in [0.717, 1.165) is 38.9 Å². The minimum atomic E-state index is 0.0970. The lowest BCUT2D eigenvalue weighted by Gasteiger charge is -2.24. The Morgan fingerprint density at radius 1 is 1.19 bits per heavy atom. The number of hydrogen-bond donors (Lipinski definition) is 1. The van der Waals surface area contributed by atoms with Crippen LogP contribution in [0.2, 0.25) is 0 Å². The largest absolute Gasteiger partial charge is 0.343 e. The lowest BCUT2D eigenvalue weighted by Crippen LogP contribution is -2.37. The maximum Gasteiger partial charge on any atom is 0.223 e. The molecular formula is C16H31N3O2. The van der Waals surface area contributed by atoms with Gasteiger partial charge in [-0.2, -0.15) is 0 Å². The summed E-state index contributed by atoms with van der Waals surface area (Å²) in [6.45, 7) is 9.16. The molecule has 21 heavy (non-hydrogen) atoms. The number of nitrogens with zero attached hydrogens (tertiary/aromatic N) is 2. The smallest absolute Gasteiger partial charge is 0.223 e. The van der Waals surface area contributed by atoms with Crippen LogP contribution in [0.3, 0.4) is 0 Å². The second-order valence-electron chi connectivity index (χ2n) is 6.11. The van der Waals surface area contributed by atoms with E-state index in [0.29, 0.717) is 25.3 Å². The van der Waals surface area contributed by atoms with E-state index < -0.39 is 0 Å². The molecule has 0 aliphatic carbocycles. The Hall–Kier alpha value is -1.10. The molecule has 122 valence electrons. The minimum absolute atomic E-state index is 0.0970. The molecule has 2 atom stereocenters. The van der Waals surface area contributed by atoms with Gasteiger partial charge in [-0.05, 0) is 38.6 Å². The van der Waals surface area contributed by atoms with Crippen LogP contribution in [-0.2, 0) is 9.59 Å². The van der Waals surface area contributed by atoms with E-state index in [1.165, 1.54) is 0 Å². The van der Waals surface area contributed by atoms with Gasteiger partial charge in [0.25, 0.3) is 0 Å². The zero-order valence-corrected chi connectivity index (χ0v) is 13.8. The molecule has 1 aliphatic rings. The summed E-state index contributed by atoms with van der Waals surface area (Å²) < 4.78 is 0. The van der Waals surface area contributed by atoms with Crippen LogP contribution in [0.15, 0.2) is 0 Å². The molecule has 2 N–H and O–H groups in total. The van der Waals surface area contributed by atoms with E-state index >= 15 is 0 Å². The molecule has 2 amide bonds. The van der Waals surface area contributed by atoms with Gasteiger partial charge in [0, 0.05) is 38.5 Å². The molecule has 0 aromatic carbocycles. The van der Waals surface area contributed by atoms with Crippen molar-refractivity contribution in [3.63, 3.8) is 0 Å². The topological polar surface area (TPSA) is 66.6 Å². The third kappa shape index (κ3) is 5.30. The molecule has 0 aromatic heterocycles. The van der Waals surface area contributed by atoms with Crippen LogP contribution in [0, 0.1) is 5.92 Å². The predicted molar refractivity (Wildman–Crippen MR) is 84.7 cm³/mol. The number of carbonyl (C=O) groups excluding carboxylic acids is 2. The Morgan fingerprint density at radius 3 is 2.29 bits per heavy atom. The van der Waals surface area contributed by atoms with E-state index in [1.54, 1.807) is 0 Å². The van der Waals surface area contributed by atoms with E-state index in [9.17, 15) is 9.59 Å². The maximum absolute atomic E-state index is 12.3. The molecule has 1 saturated heterocycles. The monoisotopic (exact) mass is 297 g/mol. The molecule has 0 radical (unpaired) electrons. The van der Waals surface area contributed by atoms with Crippen molar-refractivity contribution in [2.75, 3.05) is 26.2 Å². The quantitative estimate of drug-likeness (QED) is 0.740. The fourth-order valence-corrected chi connectivity index (χ4v) is 3.08. The second-order valence-corrected chi connectivity index (χ2v) is 6.11. The Kier molecular flexibility index (Phi) is 7.72. The van der Waals surface area contributed by atoms with Gasteiger partial charge in [0.2, 0.25) is 11.8 Å². The van der Waals surface area contributed by atoms with Crippen molar-refractivity contribution in [3.05, 3.63) is 0 Å². The summed E-state index contributed by atoms with van der Waals surface area (Å²) in [5.74, 6) is 0.616. The SMILES string of the molecule is CCCN(CCC)C(=O)CCC(=O)N1CC(CN)CC1C. The van der Waals surface area contributed by atoms with Gasteiger partial charge in [-0.3, -0.25) is 9.59 Å². The number of nitrogens with two attached hydrogens (primary N) is 1. The van der Waals surface area contributed by atoms with Gasteiger partial charge in [-0.25, -0.2) is 0 Å². The first kappa shape index (κ1) is 18.0. The van der Waals surface area contributed by atoms with Crippen molar-refractivity contribution < 1.29 is 9.59 Å². The van der Waals surface area contributed by atoms with Gasteiger partial charge in [0.1, 0.15) is 0 Å². The highest BCUT2D eigenvalue weighted by Crippen LogP contribution is 2.23. The van der Waals surface area contributed by atoms with Gasteiger partial charge >= 0.3 is 0 Å². The van der Waals surface area contributed by atoms with E-state index in [-0.39, 0.29) is 17.9 Å². The zero-order chi connectivity index (χ0) is 15.8. The molecular weight excluding hydrogens is 266 g/mol. The molecule has 0 aromatic rings. The Bertz CT molecular complexity index is 340. The molecule has 1 aliphatic heterocycles. The van der Waals surface area contributed by atoms with E-state index in [2.05, 4.69) is 20.8 Å². The second kappa shape index (κ2) is 9.03. The fraction of sp³-hybridized carbons (Fsp3) is 0.875. The van der Waals surface area contributed by atoms with Crippen LogP contribution >= 0.6 is 0 Å². The number of amides is 2. The van der Waals surface area contributed by atoms with Crippen molar-refractivity contribution >= 4 is 11.8 Å². The van der Waals surface area contributed by atoms with Crippen LogP contribution in [0.5, 0.6) is 0 Å². The van der Waals surface area contributed by atoms with E-state index in [4.69, 9.17) is 5.73 Å². The number of likely N-dealkylation sites (tertiary alicyclic amines) is 1. The Morgan fingerprint density at radius 2 is 1.81 bits per heavy atom. The summed E-state index contributed by atoms with van der Waals surface area (Å²) in [7, 11) is 0. The lowest BCUT2D eigenvalue weighted by molar-refractivity contribution is -0.137. The molecule has 5 heteroatoms. The van der Waals surface area contributed by atoms with Crippen LogP contribution in [0.1, 0.15) is 52.9 Å². The molecule has 1 heterocycles. The van der Waals surface area contributed by atoms with Crippen molar-refractivity contribution in [3.8, 4) is 0 Å². The van der Waals surface area contributed by atoms with Crippen molar-refractivity contribution in [1.29, 1.82) is 0 Å². The molecule has 1 rings (SSSR count).